The van der Waals surface area contributed by atoms with Crippen LogP contribution in [0.4, 0.5) is 0 Å². The second-order valence-electron chi connectivity index (χ2n) is 6.69. The van der Waals surface area contributed by atoms with Crippen LogP contribution < -0.4 is 5.32 Å². The van der Waals surface area contributed by atoms with Crippen LogP contribution in [-0.4, -0.2) is 13.1 Å². The van der Waals surface area contributed by atoms with E-state index >= 15 is 0 Å². The lowest BCUT2D eigenvalue weighted by atomic mass is 9.76. The maximum Gasteiger partial charge on any atom is 0.0456 e. The van der Waals surface area contributed by atoms with Gasteiger partial charge in [0, 0.05) is 22.5 Å². The summed E-state index contributed by atoms with van der Waals surface area (Å²) in [5, 5.41) is 5.26. The summed E-state index contributed by atoms with van der Waals surface area (Å²) in [5.74, 6) is 1.81. The fraction of sp³-hybridized carbons (Fsp3) is 0.667. The quantitative estimate of drug-likeness (QED) is 0.685. The molecule has 2 rings (SSSR count). The number of benzene rings is 1. The van der Waals surface area contributed by atoms with E-state index in [4.69, 9.17) is 23.2 Å². The van der Waals surface area contributed by atoms with Gasteiger partial charge in [0.05, 0.1) is 0 Å². The van der Waals surface area contributed by atoms with Gasteiger partial charge in [-0.2, -0.15) is 0 Å². The van der Waals surface area contributed by atoms with Crippen molar-refractivity contribution in [1.82, 2.24) is 5.32 Å². The van der Waals surface area contributed by atoms with Crippen molar-refractivity contribution in [2.24, 2.45) is 11.8 Å². The molecule has 0 spiro atoms. The Morgan fingerprint density at radius 2 is 1.67 bits per heavy atom. The number of rotatable bonds is 6. The molecule has 0 bridgehead atoms. The highest BCUT2D eigenvalue weighted by Gasteiger charge is 2.28. The smallest absolute Gasteiger partial charge is 0.0456 e. The molecule has 1 aromatic rings. The van der Waals surface area contributed by atoms with Gasteiger partial charge in [-0.25, -0.2) is 0 Å². The van der Waals surface area contributed by atoms with Gasteiger partial charge in [0.25, 0.3) is 0 Å². The average Bonchev–Trinajstić information content (AvgIpc) is 2.46. The molecular formula is C18H27Cl2N. The van der Waals surface area contributed by atoms with Crippen LogP contribution >= 0.6 is 23.2 Å². The molecule has 0 radical (unpaired) electrons. The molecule has 0 aliphatic heterocycles. The maximum atomic E-state index is 6.47. The second kappa shape index (κ2) is 8.41. The summed E-state index contributed by atoms with van der Waals surface area (Å²) in [6, 6.07) is 5.88. The summed E-state index contributed by atoms with van der Waals surface area (Å²) in [7, 11) is 0. The van der Waals surface area contributed by atoms with E-state index < -0.39 is 0 Å². The fourth-order valence-corrected chi connectivity index (χ4v) is 4.11. The highest BCUT2D eigenvalue weighted by Crippen LogP contribution is 2.41. The van der Waals surface area contributed by atoms with Gasteiger partial charge in [-0.05, 0) is 48.9 Å². The van der Waals surface area contributed by atoms with Gasteiger partial charge in [0.1, 0.15) is 0 Å². The van der Waals surface area contributed by atoms with Gasteiger partial charge in [0.15, 0.2) is 0 Å². The minimum Gasteiger partial charge on any atom is -0.316 e. The van der Waals surface area contributed by atoms with E-state index in [0.717, 1.165) is 28.7 Å². The van der Waals surface area contributed by atoms with E-state index in [0.29, 0.717) is 17.8 Å². The normalized spacial score (nSPS) is 18.1. The van der Waals surface area contributed by atoms with E-state index in [2.05, 4.69) is 19.2 Å². The Hall–Kier alpha value is -0.240. The SMILES string of the molecule is CC(C)CNCC(c1c(Cl)cccc1Cl)C1CCCCC1. The molecule has 1 saturated carbocycles. The minimum atomic E-state index is 0.435. The third kappa shape index (κ3) is 4.87. The van der Waals surface area contributed by atoms with Crippen LogP contribution in [0, 0.1) is 11.8 Å². The molecule has 1 aliphatic carbocycles. The van der Waals surface area contributed by atoms with Crippen molar-refractivity contribution < 1.29 is 0 Å². The zero-order valence-electron chi connectivity index (χ0n) is 13.2. The Labute approximate surface area is 139 Å². The molecule has 0 amide bonds. The van der Waals surface area contributed by atoms with Crippen molar-refractivity contribution in [2.45, 2.75) is 51.9 Å². The molecule has 1 fully saturated rings. The standard InChI is InChI=1S/C18H27Cl2N/c1-13(2)11-21-12-15(14-7-4-3-5-8-14)18-16(19)9-6-10-17(18)20/h6,9-10,13-15,21H,3-5,7-8,11-12H2,1-2H3. The van der Waals surface area contributed by atoms with Crippen molar-refractivity contribution in [3.8, 4) is 0 Å². The van der Waals surface area contributed by atoms with Gasteiger partial charge >= 0.3 is 0 Å². The molecule has 118 valence electrons. The second-order valence-corrected chi connectivity index (χ2v) is 7.51. The van der Waals surface area contributed by atoms with Crippen LogP contribution in [0.1, 0.15) is 57.4 Å². The van der Waals surface area contributed by atoms with E-state index in [1.54, 1.807) is 0 Å². The molecule has 1 nitrogen and oxygen atoms in total. The first-order valence-corrected chi connectivity index (χ1v) is 8.99. The zero-order chi connectivity index (χ0) is 15.2. The molecule has 0 heterocycles. The van der Waals surface area contributed by atoms with E-state index in [-0.39, 0.29) is 0 Å². The highest BCUT2D eigenvalue weighted by molar-refractivity contribution is 6.36. The van der Waals surface area contributed by atoms with Gasteiger partial charge in [-0.1, -0.05) is 62.4 Å². The summed E-state index contributed by atoms with van der Waals surface area (Å²) < 4.78 is 0. The lowest BCUT2D eigenvalue weighted by Crippen LogP contribution is -2.30. The van der Waals surface area contributed by atoms with Crippen molar-refractivity contribution in [2.75, 3.05) is 13.1 Å². The number of halogens is 2. The Bertz CT molecular complexity index is 419. The van der Waals surface area contributed by atoms with E-state index in [9.17, 15) is 0 Å². The van der Waals surface area contributed by atoms with Gasteiger partial charge in [-0.3, -0.25) is 0 Å². The summed E-state index contributed by atoms with van der Waals surface area (Å²) in [5.41, 5.74) is 1.16. The largest absolute Gasteiger partial charge is 0.316 e. The predicted octanol–water partition coefficient (Wildman–Crippen LogP) is 5.90. The summed E-state index contributed by atoms with van der Waals surface area (Å²) in [6.07, 6.45) is 6.66. The summed E-state index contributed by atoms with van der Waals surface area (Å²) >= 11 is 12.9. The van der Waals surface area contributed by atoms with Crippen molar-refractivity contribution in [3.63, 3.8) is 0 Å². The maximum absolute atomic E-state index is 6.47. The lowest BCUT2D eigenvalue weighted by Gasteiger charge is -2.32. The Morgan fingerprint density at radius 3 is 2.24 bits per heavy atom. The third-order valence-electron chi connectivity index (χ3n) is 4.51. The Kier molecular flexibility index (Phi) is 6.85. The molecular weight excluding hydrogens is 301 g/mol. The first-order valence-electron chi connectivity index (χ1n) is 8.24. The topological polar surface area (TPSA) is 12.0 Å². The van der Waals surface area contributed by atoms with Crippen LogP contribution in [0.15, 0.2) is 18.2 Å². The van der Waals surface area contributed by atoms with Crippen molar-refractivity contribution in [3.05, 3.63) is 33.8 Å². The molecule has 3 heteroatoms. The Morgan fingerprint density at radius 1 is 1.05 bits per heavy atom. The molecule has 21 heavy (non-hydrogen) atoms. The highest BCUT2D eigenvalue weighted by atomic mass is 35.5. The third-order valence-corrected chi connectivity index (χ3v) is 5.17. The molecule has 1 atom stereocenters. The van der Waals surface area contributed by atoms with Crippen LogP contribution in [0.2, 0.25) is 10.0 Å². The predicted molar refractivity (Wildman–Crippen MR) is 93.5 cm³/mol. The first kappa shape index (κ1) is 17.1. The van der Waals surface area contributed by atoms with Gasteiger partial charge < -0.3 is 5.32 Å². The van der Waals surface area contributed by atoms with Crippen molar-refractivity contribution >= 4 is 23.2 Å². The molecule has 1 N–H and O–H groups in total. The first-order chi connectivity index (χ1) is 10.1. The Balaban J connectivity index is 2.17. The summed E-state index contributed by atoms with van der Waals surface area (Å²) in [6.45, 7) is 6.51. The van der Waals surface area contributed by atoms with E-state index in [1.807, 2.05) is 18.2 Å². The summed E-state index contributed by atoms with van der Waals surface area (Å²) in [4.78, 5) is 0. The van der Waals surface area contributed by atoms with Crippen LogP contribution in [0.3, 0.4) is 0 Å². The minimum absolute atomic E-state index is 0.435. The lowest BCUT2D eigenvalue weighted by molar-refractivity contribution is 0.295. The molecule has 0 saturated heterocycles. The fourth-order valence-electron chi connectivity index (χ4n) is 3.43. The van der Waals surface area contributed by atoms with Crippen LogP contribution in [-0.2, 0) is 0 Å². The molecule has 1 aromatic carbocycles. The van der Waals surface area contributed by atoms with E-state index in [1.165, 1.54) is 32.1 Å². The monoisotopic (exact) mass is 327 g/mol. The van der Waals surface area contributed by atoms with Gasteiger partial charge in [0.2, 0.25) is 0 Å². The number of hydrogen-bond donors (Lipinski definition) is 1. The number of hydrogen-bond acceptors (Lipinski definition) is 1. The van der Waals surface area contributed by atoms with Gasteiger partial charge in [-0.15, -0.1) is 0 Å². The zero-order valence-corrected chi connectivity index (χ0v) is 14.7. The van der Waals surface area contributed by atoms with Crippen LogP contribution in [0.5, 0.6) is 0 Å². The molecule has 0 aromatic heterocycles. The van der Waals surface area contributed by atoms with Crippen LogP contribution in [0.25, 0.3) is 0 Å². The molecule has 1 aliphatic rings. The number of nitrogens with one attached hydrogen (secondary N) is 1. The van der Waals surface area contributed by atoms with Crippen molar-refractivity contribution in [1.29, 1.82) is 0 Å². The molecule has 1 unspecified atom stereocenters. The average molecular weight is 328 g/mol.